The highest BCUT2D eigenvalue weighted by molar-refractivity contribution is 5.91. The van der Waals surface area contributed by atoms with Crippen molar-refractivity contribution in [3.05, 3.63) is 78.1 Å². The van der Waals surface area contributed by atoms with Crippen LogP contribution >= 0.6 is 0 Å². The highest BCUT2D eigenvalue weighted by Crippen LogP contribution is 2.27. The lowest BCUT2D eigenvalue weighted by atomic mass is 10.1. The van der Waals surface area contributed by atoms with Gasteiger partial charge in [-0.25, -0.2) is 14.3 Å². The number of hydrogen-bond acceptors (Lipinski definition) is 4. The molecule has 0 aliphatic heterocycles. The molecule has 2 aromatic heterocycles. The fourth-order valence-electron chi connectivity index (χ4n) is 2.91. The van der Waals surface area contributed by atoms with Crippen molar-refractivity contribution in [2.45, 2.75) is 6.92 Å². The number of fused-ring (bicyclic) bond motifs is 1. The van der Waals surface area contributed by atoms with Gasteiger partial charge >= 0.3 is 5.97 Å². The molecule has 0 aliphatic rings. The summed E-state index contributed by atoms with van der Waals surface area (Å²) in [4.78, 5) is 17.1. The third kappa shape index (κ3) is 2.73. The monoisotopic (exact) mass is 343 g/mol. The summed E-state index contributed by atoms with van der Waals surface area (Å²) < 4.78 is 6.48. The third-order valence-corrected chi connectivity index (χ3v) is 4.30. The van der Waals surface area contributed by atoms with Gasteiger partial charge in [-0.15, -0.1) is 0 Å². The molecule has 128 valence electrons. The van der Waals surface area contributed by atoms with Crippen molar-refractivity contribution in [1.29, 1.82) is 0 Å². The molecule has 0 fully saturated rings. The molecule has 4 rings (SSSR count). The summed E-state index contributed by atoms with van der Waals surface area (Å²) in [5.41, 5.74) is 5.62. The Morgan fingerprint density at radius 3 is 2.42 bits per heavy atom. The third-order valence-electron chi connectivity index (χ3n) is 4.30. The largest absolute Gasteiger partial charge is 0.464 e. The number of methoxy groups -OCH3 is 1. The second-order valence-corrected chi connectivity index (χ2v) is 6.04. The van der Waals surface area contributed by atoms with Crippen LogP contribution < -0.4 is 0 Å². The van der Waals surface area contributed by atoms with Crippen molar-refractivity contribution in [2.24, 2.45) is 0 Å². The van der Waals surface area contributed by atoms with E-state index in [4.69, 9.17) is 9.72 Å². The molecule has 26 heavy (non-hydrogen) atoms. The number of aromatic nitrogens is 3. The van der Waals surface area contributed by atoms with Crippen LogP contribution in [0.15, 0.2) is 66.9 Å². The van der Waals surface area contributed by atoms with Gasteiger partial charge < -0.3 is 4.74 Å². The molecule has 5 heteroatoms. The van der Waals surface area contributed by atoms with Crippen LogP contribution in [0.2, 0.25) is 0 Å². The van der Waals surface area contributed by atoms with Gasteiger partial charge in [0.05, 0.1) is 19.0 Å². The van der Waals surface area contributed by atoms with E-state index in [0.717, 1.165) is 22.3 Å². The first kappa shape index (κ1) is 16.0. The highest BCUT2D eigenvalue weighted by Gasteiger charge is 2.18. The molecule has 0 N–H and O–H groups in total. The first-order chi connectivity index (χ1) is 12.7. The maximum Gasteiger partial charge on any atom is 0.356 e. The van der Waals surface area contributed by atoms with Crippen molar-refractivity contribution in [3.63, 3.8) is 0 Å². The lowest BCUT2D eigenvalue weighted by Gasteiger charge is -2.08. The van der Waals surface area contributed by atoms with Crippen molar-refractivity contribution in [1.82, 2.24) is 14.6 Å². The first-order valence-corrected chi connectivity index (χ1v) is 8.27. The van der Waals surface area contributed by atoms with Crippen LogP contribution in [-0.4, -0.2) is 27.7 Å². The van der Waals surface area contributed by atoms with Crippen LogP contribution in [0.4, 0.5) is 0 Å². The minimum atomic E-state index is -0.450. The Morgan fingerprint density at radius 1 is 1.00 bits per heavy atom. The number of ether oxygens (including phenoxy) is 1. The number of nitrogens with zero attached hydrogens (tertiary/aromatic N) is 3. The molecule has 2 aromatic carbocycles. The van der Waals surface area contributed by atoms with Crippen LogP contribution in [0.25, 0.3) is 28.0 Å². The minimum absolute atomic E-state index is 0.343. The van der Waals surface area contributed by atoms with E-state index in [1.165, 1.54) is 11.6 Å². The summed E-state index contributed by atoms with van der Waals surface area (Å²) in [5.74, 6) is -0.450. The van der Waals surface area contributed by atoms with Gasteiger partial charge in [0.1, 0.15) is 0 Å². The summed E-state index contributed by atoms with van der Waals surface area (Å²) >= 11 is 0. The van der Waals surface area contributed by atoms with E-state index in [1.54, 1.807) is 12.3 Å². The number of esters is 1. The van der Waals surface area contributed by atoms with Gasteiger partial charge in [0.25, 0.3) is 0 Å². The Labute approximate surface area is 150 Å². The zero-order chi connectivity index (χ0) is 18.1. The summed E-state index contributed by atoms with van der Waals surface area (Å²) in [7, 11) is 1.36. The van der Waals surface area contributed by atoms with Gasteiger partial charge in [-0.05, 0) is 18.6 Å². The molecule has 2 heterocycles. The maximum atomic E-state index is 12.3. The molecule has 0 atom stereocenters. The first-order valence-electron chi connectivity index (χ1n) is 8.27. The zero-order valence-corrected chi connectivity index (χ0v) is 14.5. The molecule has 0 aliphatic carbocycles. The van der Waals surface area contributed by atoms with E-state index in [9.17, 15) is 4.79 Å². The van der Waals surface area contributed by atoms with Crippen LogP contribution in [0, 0.1) is 6.92 Å². The van der Waals surface area contributed by atoms with E-state index in [1.807, 2.05) is 61.5 Å². The van der Waals surface area contributed by atoms with Crippen LogP contribution in [-0.2, 0) is 4.74 Å². The van der Waals surface area contributed by atoms with Gasteiger partial charge in [-0.2, -0.15) is 5.10 Å². The standard InChI is InChI=1S/C21H17N3O2/c1-14-8-10-16(11-9-14)18-12-19(21(25)26-2)24-20(23-18)17(13-22-24)15-6-4-3-5-7-15/h3-13H,1-2H3. The fourth-order valence-corrected chi connectivity index (χ4v) is 2.91. The number of benzene rings is 2. The fraction of sp³-hybridized carbons (Fsp3) is 0.0952. The predicted octanol–water partition coefficient (Wildman–Crippen LogP) is 4.16. The maximum absolute atomic E-state index is 12.3. The number of carbonyl (C=O) groups is 1. The van der Waals surface area contributed by atoms with Crippen molar-refractivity contribution in [3.8, 4) is 22.4 Å². The van der Waals surface area contributed by atoms with Gasteiger partial charge in [-0.1, -0.05) is 60.2 Å². The normalized spacial score (nSPS) is 10.8. The zero-order valence-electron chi connectivity index (χ0n) is 14.5. The van der Waals surface area contributed by atoms with E-state index in [2.05, 4.69) is 5.10 Å². The van der Waals surface area contributed by atoms with Gasteiger partial charge in [0.2, 0.25) is 0 Å². The Kier molecular flexibility index (Phi) is 3.97. The lowest BCUT2D eigenvalue weighted by Crippen LogP contribution is -2.10. The van der Waals surface area contributed by atoms with E-state index in [-0.39, 0.29) is 0 Å². The Morgan fingerprint density at radius 2 is 1.73 bits per heavy atom. The van der Waals surface area contributed by atoms with E-state index >= 15 is 0 Å². The number of rotatable bonds is 3. The minimum Gasteiger partial charge on any atom is -0.464 e. The molecule has 0 saturated carbocycles. The number of carbonyl (C=O) groups excluding carboxylic acids is 1. The van der Waals surface area contributed by atoms with Gasteiger partial charge in [-0.3, -0.25) is 0 Å². The second-order valence-electron chi connectivity index (χ2n) is 6.04. The highest BCUT2D eigenvalue weighted by atomic mass is 16.5. The average molecular weight is 343 g/mol. The smallest absolute Gasteiger partial charge is 0.356 e. The van der Waals surface area contributed by atoms with Crippen LogP contribution in [0.1, 0.15) is 16.1 Å². The summed E-state index contributed by atoms with van der Waals surface area (Å²) in [6, 6.07) is 19.6. The molecule has 5 nitrogen and oxygen atoms in total. The van der Waals surface area contributed by atoms with E-state index in [0.29, 0.717) is 17.0 Å². The van der Waals surface area contributed by atoms with Crippen molar-refractivity contribution >= 4 is 11.6 Å². The Bertz CT molecular complexity index is 1080. The molecule has 0 saturated heterocycles. The SMILES string of the molecule is COC(=O)c1cc(-c2ccc(C)cc2)nc2c(-c3ccccc3)cnn12. The van der Waals surface area contributed by atoms with Gasteiger partial charge in [0, 0.05) is 11.1 Å². The molecular weight excluding hydrogens is 326 g/mol. The van der Waals surface area contributed by atoms with Crippen LogP contribution in [0.3, 0.4) is 0 Å². The molecule has 0 unspecified atom stereocenters. The quantitative estimate of drug-likeness (QED) is 0.524. The summed E-state index contributed by atoms with van der Waals surface area (Å²) in [6.07, 6.45) is 1.73. The van der Waals surface area contributed by atoms with Crippen molar-refractivity contribution < 1.29 is 9.53 Å². The van der Waals surface area contributed by atoms with Crippen LogP contribution in [0.5, 0.6) is 0 Å². The summed E-state index contributed by atoms with van der Waals surface area (Å²) in [5, 5.41) is 4.37. The molecule has 0 radical (unpaired) electrons. The second kappa shape index (κ2) is 6.44. The molecule has 0 amide bonds. The Hall–Kier alpha value is -3.47. The summed E-state index contributed by atoms with van der Waals surface area (Å²) in [6.45, 7) is 2.03. The van der Waals surface area contributed by atoms with E-state index < -0.39 is 5.97 Å². The Balaban J connectivity index is 1.99. The average Bonchev–Trinajstić information content (AvgIpc) is 3.12. The lowest BCUT2D eigenvalue weighted by molar-refractivity contribution is 0.0590. The number of hydrogen-bond donors (Lipinski definition) is 0. The van der Waals surface area contributed by atoms with Gasteiger partial charge in [0.15, 0.2) is 11.3 Å². The topological polar surface area (TPSA) is 56.5 Å². The van der Waals surface area contributed by atoms with Crippen molar-refractivity contribution in [2.75, 3.05) is 7.11 Å². The molecule has 0 bridgehead atoms. The predicted molar refractivity (Wildman–Crippen MR) is 99.9 cm³/mol. The molecule has 0 spiro atoms. The molecule has 4 aromatic rings. The molecular formula is C21H17N3O2. The number of aryl methyl sites for hydroxylation is 1.